The van der Waals surface area contributed by atoms with Gasteiger partial charge in [0.2, 0.25) is 0 Å². The van der Waals surface area contributed by atoms with Crippen LogP contribution in [0.4, 0.5) is 26.3 Å². The van der Waals surface area contributed by atoms with E-state index in [2.05, 4.69) is 0 Å². The van der Waals surface area contributed by atoms with Crippen LogP contribution in [0.5, 0.6) is 0 Å². The van der Waals surface area contributed by atoms with Crippen LogP contribution in [0.1, 0.15) is 21.7 Å². The molecule has 9 heteroatoms. The summed E-state index contributed by atoms with van der Waals surface area (Å²) < 4.78 is 81.9. The molecule has 1 aromatic heterocycles. The quantitative estimate of drug-likeness (QED) is 0.536. The number of furan rings is 1. The fourth-order valence-corrected chi connectivity index (χ4v) is 2.07. The number of hydrogen-bond acceptors (Lipinski definition) is 2. The Labute approximate surface area is 124 Å². The van der Waals surface area contributed by atoms with Crippen LogP contribution in [0.25, 0.3) is 11.3 Å². The molecule has 2 nitrogen and oxygen atoms in total. The average Bonchev–Trinajstić information content (AvgIpc) is 2.85. The topological polar surface area (TPSA) is 30.2 Å². The maximum absolute atomic E-state index is 12.8. The van der Waals surface area contributed by atoms with Crippen LogP contribution >= 0.6 is 11.6 Å². The molecule has 0 bridgehead atoms. The highest BCUT2D eigenvalue weighted by Crippen LogP contribution is 2.44. The van der Waals surface area contributed by atoms with Gasteiger partial charge in [-0.15, -0.1) is 0 Å². The second-order valence-electron chi connectivity index (χ2n) is 4.20. The summed E-state index contributed by atoms with van der Waals surface area (Å²) in [7, 11) is 0. The molecule has 0 unspecified atom stereocenters. The van der Waals surface area contributed by atoms with Crippen LogP contribution < -0.4 is 0 Å². The summed E-state index contributed by atoms with van der Waals surface area (Å²) in [4.78, 5) is 10.5. The average molecular weight is 343 g/mol. The van der Waals surface area contributed by atoms with Crippen LogP contribution in [0, 0.1) is 0 Å². The van der Waals surface area contributed by atoms with Crippen molar-refractivity contribution < 1.29 is 35.6 Å². The molecule has 2 rings (SSSR count). The summed E-state index contributed by atoms with van der Waals surface area (Å²) in [5.41, 5.74) is -3.76. The van der Waals surface area contributed by atoms with Gasteiger partial charge in [-0.2, -0.15) is 26.3 Å². The molecule has 0 N–H and O–H groups in total. The first-order chi connectivity index (χ1) is 10.0. The first-order valence-corrected chi connectivity index (χ1v) is 5.95. The standard InChI is InChI=1S/C13H5ClF6O2/c14-11-8(12(15,16)17)3-6(4-9(11)13(18,19)20)10-2-1-7(5-21)22-10/h1-5H. The van der Waals surface area contributed by atoms with E-state index in [1.807, 2.05) is 0 Å². The molecule has 0 radical (unpaired) electrons. The van der Waals surface area contributed by atoms with Crippen molar-refractivity contribution in [3.63, 3.8) is 0 Å². The Kier molecular flexibility index (Phi) is 3.99. The van der Waals surface area contributed by atoms with Crippen LogP contribution in [-0.4, -0.2) is 6.29 Å². The zero-order chi connectivity index (χ0) is 16.7. The lowest BCUT2D eigenvalue weighted by Gasteiger charge is -2.16. The van der Waals surface area contributed by atoms with E-state index in [1.54, 1.807) is 0 Å². The summed E-state index contributed by atoms with van der Waals surface area (Å²) in [5, 5.41) is -1.44. The van der Waals surface area contributed by atoms with Gasteiger partial charge in [0.15, 0.2) is 12.0 Å². The molecule has 22 heavy (non-hydrogen) atoms. The summed E-state index contributed by atoms with van der Waals surface area (Å²) in [6, 6.07) is 3.08. The Morgan fingerprint density at radius 3 is 1.82 bits per heavy atom. The molecular formula is C13H5ClF6O2. The monoisotopic (exact) mass is 342 g/mol. The second-order valence-corrected chi connectivity index (χ2v) is 4.58. The van der Waals surface area contributed by atoms with Crippen LogP contribution in [0.15, 0.2) is 28.7 Å². The first-order valence-electron chi connectivity index (χ1n) is 5.57. The number of hydrogen-bond donors (Lipinski definition) is 0. The summed E-state index contributed by atoms with van der Waals surface area (Å²) in [6.45, 7) is 0. The summed E-state index contributed by atoms with van der Waals surface area (Å²) in [5.74, 6) is -0.540. The molecule has 2 aromatic rings. The summed E-state index contributed by atoms with van der Waals surface area (Å²) in [6.07, 6.45) is -9.88. The van der Waals surface area contributed by atoms with Crippen molar-refractivity contribution in [2.75, 3.05) is 0 Å². The maximum Gasteiger partial charge on any atom is 0.417 e. The number of halogens is 7. The molecule has 0 saturated carbocycles. The van der Waals surface area contributed by atoms with Gasteiger partial charge in [-0.3, -0.25) is 4.79 Å². The fourth-order valence-electron chi connectivity index (χ4n) is 1.75. The van der Waals surface area contributed by atoms with Crippen molar-refractivity contribution in [2.45, 2.75) is 12.4 Å². The lowest BCUT2D eigenvalue weighted by atomic mass is 10.0. The first kappa shape index (κ1) is 16.4. The third-order valence-electron chi connectivity index (χ3n) is 2.71. The Morgan fingerprint density at radius 2 is 1.45 bits per heavy atom. The Hall–Kier alpha value is -1.96. The molecule has 0 aliphatic heterocycles. The molecule has 0 spiro atoms. The van der Waals surface area contributed by atoms with Gasteiger partial charge in [0.25, 0.3) is 0 Å². The fraction of sp³-hybridized carbons (Fsp3) is 0.154. The third kappa shape index (κ3) is 3.11. The number of alkyl halides is 6. The van der Waals surface area contributed by atoms with E-state index in [4.69, 9.17) is 16.0 Å². The molecule has 1 aromatic carbocycles. The van der Waals surface area contributed by atoms with E-state index in [0.717, 1.165) is 12.1 Å². The largest absolute Gasteiger partial charge is 0.453 e. The van der Waals surface area contributed by atoms with E-state index >= 15 is 0 Å². The Bertz CT molecular complexity index is 679. The molecule has 0 saturated heterocycles. The highest BCUT2D eigenvalue weighted by atomic mass is 35.5. The zero-order valence-electron chi connectivity index (χ0n) is 10.3. The minimum atomic E-state index is -5.08. The van der Waals surface area contributed by atoms with E-state index in [-0.39, 0.29) is 17.8 Å². The molecule has 1 heterocycles. The van der Waals surface area contributed by atoms with E-state index in [9.17, 15) is 31.1 Å². The van der Waals surface area contributed by atoms with Crippen molar-refractivity contribution in [2.24, 2.45) is 0 Å². The van der Waals surface area contributed by atoms with Crippen molar-refractivity contribution >= 4 is 17.9 Å². The minimum absolute atomic E-state index is 0.230. The SMILES string of the molecule is O=Cc1ccc(-c2cc(C(F)(F)F)c(Cl)c(C(F)(F)F)c2)o1. The summed E-state index contributed by atoms with van der Waals surface area (Å²) >= 11 is 5.24. The van der Waals surface area contributed by atoms with Crippen LogP contribution in [0.2, 0.25) is 5.02 Å². The number of benzene rings is 1. The van der Waals surface area contributed by atoms with Crippen LogP contribution in [-0.2, 0) is 12.4 Å². The van der Waals surface area contributed by atoms with Crippen molar-refractivity contribution in [3.8, 4) is 11.3 Å². The normalized spacial score (nSPS) is 12.5. The van der Waals surface area contributed by atoms with Crippen molar-refractivity contribution in [1.29, 1.82) is 0 Å². The minimum Gasteiger partial charge on any atom is -0.453 e. The highest BCUT2D eigenvalue weighted by molar-refractivity contribution is 6.32. The molecule has 0 aliphatic carbocycles. The predicted octanol–water partition coefficient (Wildman–Crippen LogP) is 5.45. The van der Waals surface area contributed by atoms with Gasteiger partial charge >= 0.3 is 12.4 Å². The lowest BCUT2D eigenvalue weighted by Crippen LogP contribution is -2.13. The van der Waals surface area contributed by atoms with Gasteiger partial charge in [0.05, 0.1) is 16.1 Å². The third-order valence-corrected chi connectivity index (χ3v) is 3.12. The van der Waals surface area contributed by atoms with Crippen LogP contribution in [0.3, 0.4) is 0 Å². The Morgan fingerprint density at radius 1 is 0.955 bits per heavy atom. The van der Waals surface area contributed by atoms with E-state index < -0.39 is 34.1 Å². The molecular weight excluding hydrogens is 338 g/mol. The van der Waals surface area contributed by atoms with Crippen molar-refractivity contribution in [3.05, 3.63) is 46.2 Å². The number of carbonyl (C=O) groups is 1. The highest BCUT2D eigenvalue weighted by Gasteiger charge is 2.41. The molecule has 0 amide bonds. The molecule has 0 atom stereocenters. The van der Waals surface area contributed by atoms with Gasteiger partial charge < -0.3 is 4.42 Å². The van der Waals surface area contributed by atoms with Gasteiger partial charge in [-0.1, -0.05) is 11.6 Å². The Balaban J connectivity index is 2.72. The van der Waals surface area contributed by atoms with Crippen molar-refractivity contribution in [1.82, 2.24) is 0 Å². The second kappa shape index (κ2) is 5.35. The van der Waals surface area contributed by atoms with E-state index in [0.29, 0.717) is 12.1 Å². The van der Waals surface area contributed by atoms with Gasteiger partial charge in [-0.25, -0.2) is 0 Å². The lowest BCUT2D eigenvalue weighted by molar-refractivity contribution is -0.142. The number of carbonyl (C=O) groups excluding carboxylic acids is 1. The zero-order valence-corrected chi connectivity index (χ0v) is 11.1. The van der Waals surface area contributed by atoms with Gasteiger partial charge in [0.1, 0.15) is 5.76 Å². The number of rotatable bonds is 2. The van der Waals surface area contributed by atoms with Gasteiger partial charge in [-0.05, 0) is 24.3 Å². The van der Waals surface area contributed by atoms with Gasteiger partial charge in [0, 0.05) is 5.56 Å². The number of aldehydes is 1. The predicted molar refractivity (Wildman–Crippen MR) is 64.5 cm³/mol. The molecule has 0 aliphatic rings. The maximum atomic E-state index is 12.8. The molecule has 118 valence electrons. The van der Waals surface area contributed by atoms with E-state index in [1.165, 1.54) is 0 Å². The molecule has 0 fully saturated rings. The smallest absolute Gasteiger partial charge is 0.417 e.